The van der Waals surface area contributed by atoms with Crippen LogP contribution in [0.15, 0.2) is 54.6 Å². The topological polar surface area (TPSA) is 95.0 Å². The van der Waals surface area contributed by atoms with Crippen LogP contribution in [0.5, 0.6) is 0 Å². The molecule has 0 spiro atoms. The van der Waals surface area contributed by atoms with Crippen LogP contribution in [-0.2, 0) is 6.54 Å². The first kappa shape index (κ1) is 18.2. The lowest BCUT2D eigenvalue weighted by Gasteiger charge is -2.21. The van der Waals surface area contributed by atoms with Gasteiger partial charge >= 0.3 is 6.03 Å². The van der Waals surface area contributed by atoms with Crippen LogP contribution in [0.2, 0.25) is 0 Å². The van der Waals surface area contributed by atoms with Gasteiger partial charge in [0.1, 0.15) is 11.9 Å². The monoisotopic (exact) mass is 359 g/mol. The normalized spacial score (nSPS) is 10.4. The molecule has 3 N–H and O–H groups in total. The zero-order valence-electron chi connectivity index (χ0n) is 15.1. The molecule has 0 aliphatic heterocycles. The summed E-state index contributed by atoms with van der Waals surface area (Å²) in [5.74, 6) is 0.512. The number of nitriles is 1. The third kappa shape index (κ3) is 4.53. The number of hydrogen-bond donors (Lipinski definition) is 2. The van der Waals surface area contributed by atoms with Gasteiger partial charge in [-0.3, -0.25) is 0 Å². The number of nitrogens with one attached hydrogen (secondary N) is 1. The number of primary amides is 1. The number of fused-ring (bicyclic) bond motifs is 1. The van der Waals surface area contributed by atoms with Crippen LogP contribution in [-0.4, -0.2) is 29.0 Å². The summed E-state index contributed by atoms with van der Waals surface area (Å²) in [6, 6.07) is 19.1. The van der Waals surface area contributed by atoms with Crippen LogP contribution in [0.25, 0.3) is 10.9 Å². The average Bonchev–Trinajstić information content (AvgIpc) is 2.67. The average molecular weight is 359 g/mol. The molecule has 136 valence electrons. The van der Waals surface area contributed by atoms with Crippen molar-refractivity contribution >= 4 is 22.8 Å². The van der Waals surface area contributed by atoms with Gasteiger partial charge in [-0.05, 0) is 30.7 Å². The zero-order valence-corrected chi connectivity index (χ0v) is 15.1. The standard InChI is InChI=1S/C21H21N5O/c1-15-7-8-19-17(11-15)12-18(13-22)20(25-19)24-9-10-26(21(23)27)14-16-5-3-2-4-6-16/h2-8,11-12H,9-10,14H2,1H3,(H2,23,27)(H,24,25). The second-order valence-electron chi connectivity index (χ2n) is 6.36. The molecule has 0 bridgehead atoms. The van der Waals surface area contributed by atoms with Gasteiger partial charge in [0.15, 0.2) is 0 Å². The summed E-state index contributed by atoms with van der Waals surface area (Å²) in [5, 5.41) is 13.5. The summed E-state index contributed by atoms with van der Waals surface area (Å²) >= 11 is 0. The summed E-state index contributed by atoms with van der Waals surface area (Å²) in [6.45, 7) is 3.29. The molecule has 0 aliphatic rings. The quantitative estimate of drug-likeness (QED) is 0.705. The SMILES string of the molecule is Cc1ccc2nc(NCCN(Cc3ccccc3)C(N)=O)c(C#N)cc2c1. The summed E-state index contributed by atoms with van der Waals surface area (Å²) in [6.07, 6.45) is 0. The number of carbonyl (C=O) groups excluding carboxylic acids is 1. The van der Waals surface area contributed by atoms with Crippen molar-refractivity contribution in [1.29, 1.82) is 5.26 Å². The number of carbonyl (C=O) groups is 1. The van der Waals surface area contributed by atoms with Gasteiger partial charge in [-0.25, -0.2) is 9.78 Å². The molecule has 0 unspecified atom stereocenters. The number of anilines is 1. The lowest BCUT2D eigenvalue weighted by atomic mass is 10.1. The van der Waals surface area contributed by atoms with E-state index in [4.69, 9.17) is 5.73 Å². The fourth-order valence-corrected chi connectivity index (χ4v) is 2.90. The Balaban J connectivity index is 1.70. The van der Waals surface area contributed by atoms with E-state index in [1.165, 1.54) is 0 Å². The van der Waals surface area contributed by atoms with Crippen LogP contribution < -0.4 is 11.1 Å². The second-order valence-corrected chi connectivity index (χ2v) is 6.36. The predicted molar refractivity (Wildman–Crippen MR) is 106 cm³/mol. The zero-order chi connectivity index (χ0) is 19.2. The summed E-state index contributed by atoms with van der Waals surface area (Å²) < 4.78 is 0. The van der Waals surface area contributed by atoms with E-state index in [1.54, 1.807) is 4.90 Å². The van der Waals surface area contributed by atoms with Gasteiger partial charge in [0.25, 0.3) is 0 Å². The van der Waals surface area contributed by atoms with Crippen molar-refractivity contribution in [3.05, 3.63) is 71.3 Å². The third-order valence-corrected chi connectivity index (χ3v) is 4.29. The molecule has 6 nitrogen and oxygen atoms in total. The Morgan fingerprint density at radius 3 is 2.70 bits per heavy atom. The number of aryl methyl sites for hydroxylation is 1. The van der Waals surface area contributed by atoms with Crippen LogP contribution in [0.3, 0.4) is 0 Å². The molecule has 3 aromatic rings. The lowest BCUT2D eigenvalue weighted by molar-refractivity contribution is 0.207. The van der Waals surface area contributed by atoms with Gasteiger partial charge in [0.05, 0.1) is 11.1 Å². The smallest absolute Gasteiger partial charge is 0.315 e. The fourth-order valence-electron chi connectivity index (χ4n) is 2.90. The van der Waals surface area contributed by atoms with Crippen molar-refractivity contribution in [2.24, 2.45) is 5.73 Å². The van der Waals surface area contributed by atoms with Crippen LogP contribution in [0, 0.1) is 18.3 Å². The Labute approximate surface area is 158 Å². The fraction of sp³-hybridized carbons (Fsp3) is 0.190. The van der Waals surface area contributed by atoms with E-state index in [0.717, 1.165) is 22.0 Å². The molecule has 0 saturated heterocycles. The molecular formula is C21H21N5O. The van der Waals surface area contributed by atoms with E-state index in [0.29, 0.717) is 31.0 Å². The number of hydrogen-bond acceptors (Lipinski definition) is 4. The minimum absolute atomic E-state index is 0.405. The molecule has 0 fully saturated rings. The van der Waals surface area contributed by atoms with Crippen molar-refractivity contribution in [3.8, 4) is 6.07 Å². The number of urea groups is 1. The van der Waals surface area contributed by atoms with Crippen molar-refractivity contribution in [1.82, 2.24) is 9.88 Å². The number of benzene rings is 2. The number of rotatable bonds is 6. The van der Waals surface area contributed by atoms with Crippen LogP contribution >= 0.6 is 0 Å². The van der Waals surface area contributed by atoms with Gasteiger partial charge < -0.3 is 16.0 Å². The number of nitrogens with zero attached hydrogens (tertiary/aromatic N) is 3. The molecule has 2 aromatic carbocycles. The maximum Gasteiger partial charge on any atom is 0.315 e. The van der Waals surface area contributed by atoms with E-state index in [9.17, 15) is 10.1 Å². The van der Waals surface area contributed by atoms with Gasteiger partial charge in [-0.1, -0.05) is 42.0 Å². The third-order valence-electron chi connectivity index (χ3n) is 4.29. The van der Waals surface area contributed by atoms with Gasteiger partial charge in [0, 0.05) is 25.0 Å². The van der Waals surface area contributed by atoms with Crippen LogP contribution in [0.1, 0.15) is 16.7 Å². The largest absolute Gasteiger partial charge is 0.367 e. The van der Waals surface area contributed by atoms with E-state index in [2.05, 4.69) is 16.4 Å². The molecule has 0 radical (unpaired) electrons. The molecular weight excluding hydrogens is 338 g/mol. The molecule has 6 heteroatoms. The van der Waals surface area contributed by atoms with E-state index in [1.807, 2.05) is 61.5 Å². The highest BCUT2D eigenvalue weighted by molar-refractivity contribution is 5.83. The molecule has 0 saturated carbocycles. The van der Waals surface area contributed by atoms with Crippen LogP contribution in [0.4, 0.5) is 10.6 Å². The van der Waals surface area contributed by atoms with E-state index < -0.39 is 6.03 Å². The molecule has 2 amide bonds. The van der Waals surface area contributed by atoms with Crippen molar-refractivity contribution in [2.75, 3.05) is 18.4 Å². The van der Waals surface area contributed by atoms with E-state index >= 15 is 0 Å². The molecule has 27 heavy (non-hydrogen) atoms. The highest BCUT2D eigenvalue weighted by Crippen LogP contribution is 2.21. The summed E-state index contributed by atoms with van der Waals surface area (Å²) in [5.41, 5.74) is 8.92. The Morgan fingerprint density at radius 2 is 2.00 bits per heavy atom. The number of aromatic nitrogens is 1. The summed E-state index contributed by atoms with van der Waals surface area (Å²) in [7, 11) is 0. The molecule has 0 atom stereocenters. The first-order chi connectivity index (χ1) is 13.1. The highest BCUT2D eigenvalue weighted by atomic mass is 16.2. The van der Waals surface area contributed by atoms with Crippen molar-refractivity contribution in [3.63, 3.8) is 0 Å². The van der Waals surface area contributed by atoms with Crippen molar-refractivity contribution < 1.29 is 4.79 Å². The Morgan fingerprint density at radius 1 is 1.22 bits per heavy atom. The highest BCUT2D eigenvalue weighted by Gasteiger charge is 2.11. The maximum absolute atomic E-state index is 11.7. The first-order valence-corrected chi connectivity index (χ1v) is 8.70. The molecule has 1 heterocycles. The summed E-state index contributed by atoms with van der Waals surface area (Å²) in [4.78, 5) is 17.8. The second kappa shape index (κ2) is 8.19. The Kier molecular flexibility index (Phi) is 5.53. The lowest BCUT2D eigenvalue weighted by Crippen LogP contribution is -2.38. The predicted octanol–water partition coefficient (Wildman–Crippen LogP) is 3.41. The molecule has 0 aliphatic carbocycles. The maximum atomic E-state index is 11.7. The molecule has 3 rings (SSSR count). The van der Waals surface area contributed by atoms with Crippen molar-refractivity contribution in [2.45, 2.75) is 13.5 Å². The van der Waals surface area contributed by atoms with E-state index in [-0.39, 0.29) is 0 Å². The first-order valence-electron chi connectivity index (χ1n) is 8.70. The van der Waals surface area contributed by atoms with Gasteiger partial charge in [-0.15, -0.1) is 0 Å². The van der Waals surface area contributed by atoms with Gasteiger partial charge in [0.2, 0.25) is 0 Å². The number of nitrogens with two attached hydrogens (primary N) is 1. The number of pyridine rings is 1. The Bertz CT molecular complexity index is 995. The molecule has 1 aromatic heterocycles. The number of amides is 2. The van der Waals surface area contributed by atoms with Gasteiger partial charge in [-0.2, -0.15) is 5.26 Å². The minimum Gasteiger partial charge on any atom is -0.367 e. The Hall–Kier alpha value is -3.59. The minimum atomic E-state index is -0.483.